The molecular formula is C16H24N2O6S. The smallest absolute Gasteiger partial charge is 0.258 e. The Labute approximate surface area is 148 Å². The summed E-state index contributed by atoms with van der Waals surface area (Å²) in [6.45, 7) is 0.392. The summed E-state index contributed by atoms with van der Waals surface area (Å²) in [5, 5.41) is 2.79. The monoisotopic (exact) mass is 372 g/mol. The molecule has 1 aromatic carbocycles. The molecule has 1 N–H and O–H groups in total. The molecule has 9 heteroatoms. The van der Waals surface area contributed by atoms with Gasteiger partial charge in [-0.15, -0.1) is 0 Å². The first kappa shape index (κ1) is 19.5. The number of sulfonamides is 1. The molecule has 1 aliphatic heterocycles. The number of nitrogens with zero attached hydrogens (tertiary/aromatic N) is 1. The van der Waals surface area contributed by atoms with E-state index >= 15 is 0 Å². The van der Waals surface area contributed by atoms with Crippen LogP contribution in [0.5, 0.6) is 11.5 Å². The van der Waals surface area contributed by atoms with Crippen LogP contribution in [0, 0.1) is 5.92 Å². The predicted molar refractivity (Wildman–Crippen MR) is 92.2 cm³/mol. The van der Waals surface area contributed by atoms with Crippen molar-refractivity contribution in [3.63, 3.8) is 0 Å². The normalized spacial score (nSPS) is 20.5. The molecule has 140 valence electrons. The summed E-state index contributed by atoms with van der Waals surface area (Å²) in [7, 11) is 1.13. The van der Waals surface area contributed by atoms with E-state index in [2.05, 4.69) is 5.32 Å². The molecule has 0 aromatic heterocycles. The summed E-state index contributed by atoms with van der Waals surface area (Å²) in [5.41, 5.74) is 0. The van der Waals surface area contributed by atoms with E-state index in [1.807, 2.05) is 0 Å². The zero-order chi connectivity index (χ0) is 18.4. The van der Waals surface area contributed by atoms with Gasteiger partial charge in [-0.3, -0.25) is 4.79 Å². The molecule has 25 heavy (non-hydrogen) atoms. The maximum Gasteiger partial charge on any atom is 0.258 e. The van der Waals surface area contributed by atoms with Crippen molar-refractivity contribution in [2.24, 2.45) is 5.92 Å². The average Bonchev–Trinajstić information content (AvgIpc) is 2.99. The molecular weight excluding hydrogens is 348 g/mol. The van der Waals surface area contributed by atoms with Gasteiger partial charge in [-0.05, 0) is 12.1 Å². The highest BCUT2D eigenvalue weighted by molar-refractivity contribution is 7.89. The van der Waals surface area contributed by atoms with Gasteiger partial charge in [0.1, 0.15) is 0 Å². The predicted octanol–water partition coefficient (Wildman–Crippen LogP) is 0.0966. The molecule has 0 bridgehead atoms. The number of hydrogen-bond donors (Lipinski definition) is 1. The maximum absolute atomic E-state index is 12.1. The number of ether oxygens (including phenoxy) is 3. The zero-order valence-corrected chi connectivity index (χ0v) is 15.4. The first-order chi connectivity index (χ1) is 11.8. The topological polar surface area (TPSA) is 94.2 Å². The van der Waals surface area contributed by atoms with E-state index < -0.39 is 10.0 Å². The standard InChI is InChI=1S/C16H24N2O6S/c1-18(2)25(20,21)11-12-8-23-9-13(12)17-16(19)10-24-15-7-5-4-6-14(15)22-3/h4-7,12-13H,8-11H2,1-3H3,(H,17,19)/t12-,13-/m0/s1. The Morgan fingerprint density at radius 2 is 1.96 bits per heavy atom. The first-order valence-electron chi connectivity index (χ1n) is 7.86. The Hall–Kier alpha value is -1.84. The second kappa shape index (κ2) is 8.50. The molecule has 0 unspecified atom stereocenters. The fourth-order valence-electron chi connectivity index (χ4n) is 2.47. The van der Waals surface area contributed by atoms with Crippen molar-refractivity contribution in [3.8, 4) is 11.5 Å². The number of carbonyl (C=O) groups is 1. The van der Waals surface area contributed by atoms with Crippen molar-refractivity contribution < 1.29 is 27.4 Å². The van der Waals surface area contributed by atoms with Crippen LogP contribution in [0.25, 0.3) is 0 Å². The molecule has 1 aromatic rings. The van der Waals surface area contributed by atoms with E-state index in [0.29, 0.717) is 18.1 Å². The summed E-state index contributed by atoms with van der Waals surface area (Å²) in [6.07, 6.45) is 0. The highest BCUT2D eigenvalue weighted by atomic mass is 32.2. The van der Waals surface area contributed by atoms with Gasteiger partial charge in [-0.1, -0.05) is 12.1 Å². The van der Waals surface area contributed by atoms with Gasteiger partial charge < -0.3 is 19.5 Å². The summed E-state index contributed by atoms with van der Waals surface area (Å²) < 4.78 is 41.2. The number of rotatable bonds is 8. The fourth-order valence-corrected chi connectivity index (χ4v) is 3.64. The lowest BCUT2D eigenvalue weighted by Crippen LogP contribution is -2.45. The molecule has 0 radical (unpaired) electrons. The van der Waals surface area contributed by atoms with E-state index in [-0.39, 0.29) is 36.8 Å². The van der Waals surface area contributed by atoms with E-state index in [1.54, 1.807) is 24.3 Å². The van der Waals surface area contributed by atoms with Crippen LogP contribution in [0.4, 0.5) is 0 Å². The second-order valence-corrected chi connectivity index (χ2v) is 8.20. The van der Waals surface area contributed by atoms with Gasteiger partial charge in [-0.25, -0.2) is 12.7 Å². The minimum absolute atomic E-state index is 0.0711. The number of hydrogen-bond acceptors (Lipinski definition) is 6. The Bertz CT molecular complexity index is 692. The number of carbonyl (C=O) groups excluding carboxylic acids is 1. The second-order valence-electron chi connectivity index (χ2n) is 5.97. The minimum atomic E-state index is -3.36. The molecule has 0 aliphatic carbocycles. The lowest BCUT2D eigenvalue weighted by atomic mass is 10.1. The SMILES string of the molecule is COc1ccccc1OCC(=O)N[C@H]1COC[C@H]1CS(=O)(=O)N(C)C. The average molecular weight is 372 g/mol. The van der Waals surface area contributed by atoms with Gasteiger partial charge in [-0.2, -0.15) is 0 Å². The Morgan fingerprint density at radius 3 is 2.60 bits per heavy atom. The van der Waals surface area contributed by atoms with Crippen LogP contribution < -0.4 is 14.8 Å². The quantitative estimate of drug-likeness (QED) is 0.695. The summed E-state index contributed by atoms with van der Waals surface area (Å²) in [4.78, 5) is 12.1. The van der Waals surface area contributed by atoms with E-state index in [4.69, 9.17) is 14.2 Å². The van der Waals surface area contributed by atoms with Crippen LogP contribution in [-0.4, -0.2) is 71.5 Å². The lowest BCUT2D eigenvalue weighted by Gasteiger charge is -2.21. The summed E-state index contributed by atoms with van der Waals surface area (Å²) in [5.74, 6) is 0.304. The van der Waals surface area contributed by atoms with Crippen molar-refractivity contribution in [2.45, 2.75) is 6.04 Å². The largest absolute Gasteiger partial charge is 0.493 e. The van der Waals surface area contributed by atoms with Gasteiger partial charge in [0.25, 0.3) is 5.91 Å². The van der Waals surface area contributed by atoms with Crippen LogP contribution in [-0.2, 0) is 19.6 Å². The van der Waals surface area contributed by atoms with Gasteiger partial charge in [0.2, 0.25) is 10.0 Å². The van der Waals surface area contributed by atoms with E-state index in [0.717, 1.165) is 0 Å². The molecule has 1 fully saturated rings. The highest BCUT2D eigenvalue weighted by Gasteiger charge is 2.34. The Balaban J connectivity index is 1.89. The number of para-hydroxylation sites is 2. The number of nitrogens with one attached hydrogen (secondary N) is 1. The van der Waals surface area contributed by atoms with Gasteiger partial charge >= 0.3 is 0 Å². The number of methoxy groups -OCH3 is 1. The van der Waals surface area contributed by atoms with Crippen molar-refractivity contribution in [2.75, 3.05) is 46.8 Å². The van der Waals surface area contributed by atoms with Gasteiger partial charge in [0.15, 0.2) is 18.1 Å². The molecule has 1 saturated heterocycles. The van der Waals surface area contributed by atoms with Crippen LogP contribution in [0.15, 0.2) is 24.3 Å². The lowest BCUT2D eigenvalue weighted by molar-refractivity contribution is -0.124. The van der Waals surface area contributed by atoms with Crippen molar-refractivity contribution in [3.05, 3.63) is 24.3 Å². The molecule has 2 atom stereocenters. The third kappa shape index (κ3) is 5.32. The minimum Gasteiger partial charge on any atom is -0.493 e. The van der Waals surface area contributed by atoms with Crippen LogP contribution in [0.1, 0.15) is 0 Å². The maximum atomic E-state index is 12.1. The zero-order valence-electron chi connectivity index (χ0n) is 14.6. The molecule has 1 heterocycles. The molecule has 0 spiro atoms. The van der Waals surface area contributed by atoms with E-state index in [9.17, 15) is 13.2 Å². The third-order valence-corrected chi connectivity index (χ3v) is 5.92. The molecule has 1 amide bonds. The third-order valence-electron chi connectivity index (χ3n) is 3.95. The van der Waals surface area contributed by atoms with Crippen LogP contribution in [0.3, 0.4) is 0 Å². The van der Waals surface area contributed by atoms with Crippen LogP contribution in [0.2, 0.25) is 0 Å². The molecule has 8 nitrogen and oxygen atoms in total. The van der Waals surface area contributed by atoms with E-state index in [1.165, 1.54) is 25.5 Å². The van der Waals surface area contributed by atoms with Crippen molar-refractivity contribution >= 4 is 15.9 Å². The molecule has 0 saturated carbocycles. The highest BCUT2D eigenvalue weighted by Crippen LogP contribution is 2.25. The molecule has 2 rings (SSSR count). The Morgan fingerprint density at radius 1 is 1.28 bits per heavy atom. The fraction of sp³-hybridized carbons (Fsp3) is 0.562. The van der Waals surface area contributed by atoms with Crippen molar-refractivity contribution in [1.82, 2.24) is 9.62 Å². The molecule has 1 aliphatic rings. The van der Waals surface area contributed by atoms with Crippen molar-refractivity contribution in [1.29, 1.82) is 0 Å². The Kier molecular flexibility index (Phi) is 6.63. The van der Waals surface area contributed by atoms with Crippen LogP contribution >= 0.6 is 0 Å². The number of benzene rings is 1. The number of amides is 1. The summed E-state index contributed by atoms with van der Waals surface area (Å²) >= 11 is 0. The first-order valence-corrected chi connectivity index (χ1v) is 9.47. The van der Waals surface area contributed by atoms with Gasteiger partial charge in [0.05, 0.1) is 32.1 Å². The summed E-state index contributed by atoms with van der Waals surface area (Å²) in [6, 6.07) is 6.67. The van der Waals surface area contributed by atoms with Gasteiger partial charge in [0, 0.05) is 20.0 Å².